The molecule has 0 unspecified atom stereocenters. The maximum absolute atomic E-state index is 11.6. The van der Waals surface area contributed by atoms with Gasteiger partial charge in [0.1, 0.15) is 0 Å². The molecule has 1 rings (SSSR count). The third-order valence-corrected chi connectivity index (χ3v) is 2.31. The van der Waals surface area contributed by atoms with E-state index in [4.69, 9.17) is 0 Å². The number of rotatable bonds is 2. The lowest BCUT2D eigenvalue weighted by Gasteiger charge is -2.19. The number of aryl methyl sites for hydroxylation is 1. The SMILES string of the molecule is CCc1ccc(NC(=O)C(=O)NC(C)(C)C)cc1. The zero-order valence-electron chi connectivity index (χ0n) is 11.3. The van der Waals surface area contributed by atoms with Gasteiger partial charge in [0, 0.05) is 11.2 Å². The van der Waals surface area contributed by atoms with E-state index in [0.29, 0.717) is 5.69 Å². The number of carbonyl (C=O) groups is 2. The number of benzene rings is 1. The van der Waals surface area contributed by atoms with Gasteiger partial charge in [-0.2, -0.15) is 0 Å². The average molecular weight is 248 g/mol. The maximum Gasteiger partial charge on any atom is 0.313 e. The van der Waals surface area contributed by atoms with E-state index >= 15 is 0 Å². The van der Waals surface area contributed by atoms with Gasteiger partial charge < -0.3 is 10.6 Å². The monoisotopic (exact) mass is 248 g/mol. The zero-order valence-corrected chi connectivity index (χ0v) is 11.3. The third-order valence-electron chi connectivity index (χ3n) is 2.31. The van der Waals surface area contributed by atoms with Crippen molar-refractivity contribution in [2.45, 2.75) is 39.7 Å². The third kappa shape index (κ3) is 4.57. The molecular formula is C14H20N2O2. The Morgan fingerprint density at radius 3 is 2.06 bits per heavy atom. The van der Waals surface area contributed by atoms with E-state index < -0.39 is 17.4 Å². The molecule has 4 heteroatoms. The van der Waals surface area contributed by atoms with Crippen LogP contribution in [0.2, 0.25) is 0 Å². The van der Waals surface area contributed by atoms with Crippen molar-refractivity contribution in [3.8, 4) is 0 Å². The van der Waals surface area contributed by atoms with E-state index in [-0.39, 0.29) is 0 Å². The molecule has 0 spiro atoms. The van der Waals surface area contributed by atoms with Crippen molar-refractivity contribution >= 4 is 17.5 Å². The Bertz CT molecular complexity index is 430. The van der Waals surface area contributed by atoms with Crippen molar-refractivity contribution in [1.82, 2.24) is 5.32 Å². The molecule has 0 aromatic heterocycles. The van der Waals surface area contributed by atoms with Crippen LogP contribution in [-0.2, 0) is 16.0 Å². The van der Waals surface area contributed by atoms with Gasteiger partial charge in [-0.25, -0.2) is 0 Å². The lowest BCUT2D eigenvalue weighted by atomic mass is 10.1. The summed E-state index contributed by atoms with van der Waals surface area (Å²) in [6.45, 7) is 7.54. The highest BCUT2D eigenvalue weighted by atomic mass is 16.2. The molecule has 0 radical (unpaired) electrons. The van der Waals surface area contributed by atoms with Crippen LogP contribution in [0, 0.1) is 0 Å². The summed E-state index contributed by atoms with van der Waals surface area (Å²) in [5.41, 5.74) is 1.40. The number of hydrogen-bond acceptors (Lipinski definition) is 2. The predicted molar refractivity (Wildman–Crippen MR) is 72.3 cm³/mol. The van der Waals surface area contributed by atoms with Crippen LogP contribution in [0.3, 0.4) is 0 Å². The van der Waals surface area contributed by atoms with Crippen LogP contribution in [-0.4, -0.2) is 17.4 Å². The first-order valence-electron chi connectivity index (χ1n) is 6.04. The van der Waals surface area contributed by atoms with Gasteiger partial charge in [-0.3, -0.25) is 9.59 Å². The topological polar surface area (TPSA) is 58.2 Å². The van der Waals surface area contributed by atoms with Crippen LogP contribution in [0.5, 0.6) is 0 Å². The first kappa shape index (κ1) is 14.2. The zero-order chi connectivity index (χ0) is 13.8. The van der Waals surface area contributed by atoms with Gasteiger partial charge in [0.25, 0.3) is 0 Å². The minimum Gasteiger partial charge on any atom is -0.343 e. The fraction of sp³-hybridized carbons (Fsp3) is 0.429. The Morgan fingerprint density at radius 2 is 1.61 bits per heavy atom. The summed E-state index contributed by atoms with van der Waals surface area (Å²) < 4.78 is 0. The van der Waals surface area contributed by atoms with Gasteiger partial charge in [-0.05, 0) is 44.9 Å². The van der Waals surface area contributed by atoms with Gasteiger partial charge >= 0.3 is 11.8 Å². The van der Waals surface area contributed by atoms with Gasteiger partial charge in [0.05, 0.1) is 0 Å². The van der Waals surface area contributed by atoms with Crippen molar-refractivity contribution < 1.29 is 9.59 Å². The lowest BCUT2D eigenvalue weighted by Crippen LogP contribution is -2.46. The van der Waals surface area contributed by atoms with Crippen LogP contribution in [0.4, 0.5) is 5.69 Å². The van der Waals surface area contributed by atoms with Crippen LogP contribution < -0.4 is 10.6 Å². The molecule has 18 heavy (non-hydrogen) atoms. The fourth-order valence-electron chi connectivity index (χ4n) is 1.41. The fourth-order valence-corrected chi connectivity index (χ4v) is 1.41. The Labute approximate surface area is 108 Å². The van der Waals surface area contributed by atoms with Crippen molar-refractivity contribution in [3.63, 3.8) is 0 Å². The second kappa shape index (κ2) is 5.67. The van der Waals surface area contributed by atoms with Gasteiger partial charge in [0.15, 0.2) is 0 Å². The van der Waals surface area contributed by atoms with Crippen molar-refractivity contribution in [1.29, 1.82) is 0 Å². The van der Waals surface area contributed by atoms with E-state index in [9.17, 15) is 9.59 Å². The molecule has 0 saturated carbocycles. The minimum absolute atomic E-state index is 0.416. The highest BCUT2D eigenvalue weighted by Gasteiger charge is 2.19. The molecule has 0 atom stereocenters. The minimum atomic E-state index is -0.644. The molecule has 2 N–H and O–H groups in total. The highest BCUT2D eigenvalue weighted by molar-refractivity contribution is 6.39. The number of anilines is 1. The first-order chi connectivity index (χ1) is 8.31. The molecule has 4 nitrogen and oxygen atoms in total. The molecule has 1 aromatic carbocycles. The van der Waals surface area contributed by atoms with E-state index in [1.807, 2.05) is 32.9 Å². The number of hydrogen-bond donors (Lipinski definition) is 2. The summed E-state index contributed by atoms with van der Waals surface area (Å²) >= 11 is 0. The Kier molecular flexibility index (Phi) is 4.48. The average Bonchev–Trinajstić information content (AvgIpc) is 2.27. The van der Waals surface area contributed by atoms with Crippen LogP contribution in [0.25, 0.3) is 0 Å². The Balaban J connectivity index is 2.61. The molecule has 0 aliphatic heterocycles. The molecule has 0 saturated heterocycles. The molecule has 2 amide bonds. The van der Waals surface area contributed by atoms with E-state index in [1.165, 1.54) is 5.56 Å². The number of amides is 2. The number of carbonyl (C=O) groups excluding carboxylic acids is 2. The van der Waals surface area contributed by atoms with Crippen molar-refractivity contribution in [2.75, 3.05) is 5.32 Å². The standard InChI is InChI=1S/C14H20N2O2/c1-5-10-6-8-11(9-7-10)15-12(17)13(18)16-14(2,3)4/h6-9H,5H2,1-4H3,(H,15,17)(H,16,18). The van der Waals surface area contributed by atoms with Crippen LogP contribution >= 0.6 is 0 Å². The largest absolute Gasteiger partial charge is 0.343 e. The first-order valence-corrected chi connectivity index (χ1v) is 6.04. The maximum atomic E-state index is 11.6. The van der Waals surface area contributed by atoms with Gasteiger partial charge in [-0.1, -0.05) is 19.1 Å². The van der Waals surface area contributed by atoms with E-state index in [1.54, 1.807) is 12.1 Å². The summed E-state index contributed by atoms with van der Waals surface area (Å²) in [5, 5.41) is 5.18. The van der Waals surface area contributed by atoms with E-state index in [2.05, 4.69) is 17.6 Å². The molecule has 0 heterocycles. The lowest BCUT2D eigenvalue weighted by molar-refractivity contribution is -0.137. The predicted octanol–water partition coefficient (Wildman–Crippen LogP) is 2.10. The molecular weight excluding hydrogens is 228 g/mol. The molecule has 0 aliphatic rings. The molecule has 98 valence electrons. The highest BCUT2D eigenvalue weighted by Crippen LogP contribution is 2.10. The number of nitrogens with one attached hydrogen (secondary N) is 2. The molecule has 0 fully saturated rings. The summed E-state index contributed by atoms with van der Waals surface area (Å²) in [4.78, 5) is 23.2. The quantitative estimate of drug-likeness (QED) is 0.787. The summed E-state index contributed by atoms with van der Waals surface area (Å²) in [7, 11) is 0. The van der Waals surface area contributed by atoms with Gasteiger partial charge in [-0.15, -0.1) is 0 Å². The molecule has 0 bridgehead atoms. The molecule has 0 aliphatic carbocycles. The molecule has 1 aromatic rings. The normalized spacial score (nSPS) is 10.9. The van der Waals surface area contributed by atoms with Crippen LogP contribution in [0.1, 0.15) is 33.3 Å². The smallest absolute Gasteiger partial charge is 0.313 e. The van der Waals surface area contributed by atoms with Crippen molar-refractivity contribution in [2.24, 2.45) is 0 Å². The van der Waals surface area contributed by atoms with Gasteiger partial charge in [0.2, 0.25) is 0 Å². The Morgan fingerprint density at radius 1 is 1.06 bits per heavy atom. The summed E-state index contributed by atoms with van der Waals surface area (Å²) in [6.07, 6.45) is 0.943. The second-order valence-corrected chi connectivity index (χ2v) is 5.21. The summed E-state index contributed by atoms with van der Waals surface area (Å²) in [6, 6.07) is 7.44. The summed E-state index contributed by atoms with van der Waals surface area (Å²) in [5.74, 6) is -1.27. The Hall–Kier alpha value is -1.84. The second-order valence-electron chi connectivity index (χ2n) is 5.21. The van der Waals surface area contributed by atoms with E-state index in [0.717, 1.165) is 6.42 Å². The van der Waals surface area contributed by atoms with Crippen LogP contribution in [0.15, 0.2) is 24.3 Å². The van der Waals surface area contributed by atoms with Crippen molar-refractivity contribution in [3.05, 3.63) is 29.8 Å².